The van der Waals surface area contributed by atoms with Gasteiger partial charge in [0.2, 0.25) is 0 Å². The minimum atomic E-state index is -0.268. The Morgan fingerprint density at radius 1 is 0.893 bits per heavy atom. The molecule has 0 saturated heterocycles. The van der Waals surface area contributed by atoms with Crippen molar-refractivity contribution in [1.29, 1.82) is 0 Å². The molecule has 0 aliphatic heterocycles. The molecule has 0 radical (unpaired) electrons. The van der Waals surface area contributed by atoms with Gasteiger partial charge in [0.25, 0.3) is 0 Å². The third-order valence-electron chi connectivity index (χ3n) is 4.69. The maximum atomic E-state index is 13.4. The number of imidazole rings is 1. The number of nitrogens with zero attached hydrogens (tertiary/aromatic N) is 2. The number of rotatable bonds is 3. The molecule has 2 N–H and O–H groups in total. The van der Waals surface area contributed by atoms with Crippen molar-refractivity contribution in [1.82, 2.24) is 19.9 Å². The lowest BCUT2D eigenvalue weighted by molar-refractivity contribution is 0.628. The lowest BCUT2D eigenvalue weighted by Gasteiger charge is -2.02. The molecular weight excluding hydrogens is 419 g/mol. The highest BCUT2D eigenvalue weighted by Gasteiger charge is 2.17. The number of hydrogen-bond acceptors (Lipinski definition) is 2. The van der Waals surface area contributed by atoms with E-state index < -0.39 is 0 Å². The molecule has 0 aliphatic carbocycles. The maximum absolute atomic E-state index is 13.4. The molecular formula is C22H14BrFN4. The molecule has 3 heterocycles. The molecule has 0 atom stereocenters. The van der Waals surface area contributed by atoms with E-state index in [1.807, 2.05) is 30.5 Å². The summed E-state index contributed by atoms with van der Waals surface area (Å²) in [5.74, 6) is 0.478. The van der Waals surface area contributed by atoms with E-state index in [2.05, 4.69) is 36.9 Å². The fraction of sp³-hybridized carbons (Fsp3) is 0. The third-order valence-corrected chi connectivity index (χ3v) is 5.18. The molecule has 4 nitrogen and oxygen atoms in total. The van der Waals surface area contributed by atoms with Gasteiger partial charge in [0.1, 0.15) is 11.6 Å². The smallest absolute Gasteiger partial charge is 0.140 e. The van der Waals surface area contributed by atoms with Crippen LogP contribution in [0.1, 0.15) is 0 Å². The quantitative estimate of drug-likeness (QED) is 0.357. The number of aromatic nitrogens is 4. The van der Waals surface area contributed by atoms with E-state index in [4.69, 9.17) is 4.98 Å². The van der Waals surface area contributed by atoms with Crippen molar-refractivity contribution in [2.75, 3.05) is 0 Å². The first-order valence-electron chi connectivity index (χ1n) is 8.72. The number of fused-ring (bicyclic) bond motifs is 1. The number of halogens is 2. The Hall–Kier alpha value is -3.25. The molecule has 0 aliphatic rings. The molecule has 28 heavy (non-hydrogen) atoms. The predicted molar refractivity (Wildman–Crippen MR) is 112 cm³/mol. The van der Waals surface area contributed by atoms with Crippen LogP contribution in [0.2, 0.25) is 0 Å². The molecule has 5 rings (SSSR count). The first-order chi connectivity index (χ1) is 13.7. The summed E-state index contributed by atoms with van der Waals surface area (Å²) in [4.78, 5) is 15.7. The Balaban J connectivity index is 1.73. The summed E-state index contributed by atoms with van der Waals surface area (Å²) in [6, 6.07) is 16.3. The molecule has 6 heteroatoms. The second-order valence-corrected chi connectivity index (χ2v) is 7.36. The van der Waals surface area contributed by atoms with Crippen LogP contribution in [-0.4, -0.2) is 19.9 Å². The Morgan fingerprint density at radius 2 is 1.68 bits per heavy atom. The number of nitrogens with one attached hydrogen (secondary N) is 2. The average molecular weight is 433 g/mol. The molecule has 0 bridgehead atoms. The monoisotopic (exact) mass is 432 g/mol. The van der Waals surface area contributed by atoms with E-state index in [0.29, 0.717) is 0 Å². The average Bonchev–Trinajstić information content (AvgIpc) is 3.33. The van der Waals surface area contributed by atoms with E-state index in [0.717, 1.165) is 49.3 Å². The van der Waals surface area contributed by atoms with E-state index >= 15 is 0 Å². The molecule has 0 amide bonds. The van der Waals surface area contributed by atoms with Crippen molar-refractivity contribution in [3.05, 3.63) is 83.5 Å². The van der Waals surface area contributed by atoms with Gasteiger partial charge in [0.15, 0.2) is 0 Å². The Labute approximate surface area is 168 Å². The van der Waals surface area contributed by atoms with E-state index in [9.17, 15) is 4.39 Å². The first-order valence-corrected chi connectivity index (χ1v) is 9.52. The molecule has 136 valence electrons. The van der Waals surface area contributed by atoms with Crippen molar-refractivity contribution in [3.63, 3.8) is 0 Å². The maximum Gasteiger partial charge on any atom is 0.140 e. The highest BCUT2D eigenvalue weighted by atomic mass is 79.9. The van der Waals surface area contributed by atoms with E-state index in [1.54, 1.807) is 24.5 Å². The molecule has 0 fully saturated rings. The van der Waals surface area contributed by atoms with Gasteiger partial charge in [-0.3, -0.25) is 4.98 Å². The van der Waals surface area contributed by atoms with Gasteiger partial charge < -0.3 is 9.97 Å². The summed E-state index contributed by atoms with van der Waals surface area (Å²) in [5.41, 5.74) is 5.45. The standard InChI is InChI=1S/C22H14BrFN4/c23-15-3-6-19-17(11-15)18(12-26-19)22-27-20(13-1-4-16(24)5-2-13)21(28-22)14-7-9-25-10-8-14/h1-12,26H,(H,27,28). The van der Waals surface area contributed by atoms with Gasteiger partial charge >= 0.3 is 0 Å². The van der Waals surface area contributed by atoms with Crippen LogP contribution in [0, 0.1) is 5.82 Å². The molecule has 3 aromatic heterocycles. The lowest BCUT2D eigenvalue weighted by Crippen LogP contribution is -1.84. The van der Waals surface area contributed by atoms with Gasteiger partial charge in [-0.25, -0.2) is 9.37 Å². The normalized spacial score (nSPS) is 11.2. The van der Waals surface area contributed by atoms with Crippen molar-refractivity contribution in [2.24, 2.45) is 0 Å². The minimum Gasteiger partial charge on any atom is -0.360 e. The van der Waals surface area contributed by atoms with Crippen molar-refractivity contribution in [3.8, 4) is 33.9 Å². The lowest BCUT2D eigenvalue weighted by atomic mass is 10.1. The van der Waals surface area contributed by atoms with Crippen LogP contribution in [0.15, 0.2) is 77.7 Å². The van der Waals surface area contributed by atoms with Crippen molar-refractivity contribution in [2.45, 2.75) is 0 Å². The summed E-state index contributed by atoms with van der Waals surface area (Å²) in [6.45, 7) is 0. The fourth-order valence-electron chi connectivity index (χ4n) is 3.33. The molecule has 5 aromatic rings. The fourth-order valence-corrected chi connectivity index (χ4v) is 3.69. The third kappa shape index (κ3) is 2.92. The second-order valence-electron chi connectivity index (χ2n) is 6.44. The van der Waals surface area contributed by atoms with E-state index in [-0.39, 0.29) is 5.82 Å². The summed E-state index contributed by atoms with van der Waals surface area (Å²) in [5, 5.41) is 1.06. The topological polar surface area (TPSA) is 57.4 Å². The van der Waals surface area contributed by atoms with Gasteiger partial charge in [-0.2, -0.15) is 0 Å². The second kappa shape index (κ2) is 6.73. The SMILES string of the molecule is Fc1ccc(-c2[nH]c(-c3c[nH]c4ccc(Br)cc34)nc2-c2ccncc2)cc1. The molecule has 2 aromatic carbocycles. The number of pyridine rings is 1. The number of aromatic amines is 2. The summed E-state index contributed by atoms with van der Waals surface area (Å²) in [6.07, 6.45) is 5.42. The van der Waals surface area contributed by atoms with Gasteiger partial charge in [0, 0.05) is 50.7 Å². The van der Waals surface area contributed by atoms with Crippen LogP contribution < -0.4 is 0 Å². The van der Waals surface area contributed by atoms with Crippen LogP contribution in [0.3, 0.4) is 0 Å². The number of hydrogen-bond donors (Lipinski definition) is 2. The predicted octanol–water partition coefficient (Wildman–Crippen LogP) is 6.19. The zero-order chi connectivity index (χ0) is 19.1. The summed E-state index contributed by atoms with van der Waals surface area (Å²) in [7, 11) is 0. The van der Waals surface area contributed by atoms with Crippen LogP contribution >= 0.6 is 15.9 Å². The Morgan fingerprint density at radius 3 is 2.46 bits per heavy atom. The summed E-state index contributed by atoms with van der Waals surface area (Å²) < 4.78 is 14.4. The molecule has 0 unspecified atom stereocenters. The van der Waals surface area contributed by atoms with Crippen LogP contribution in [0.25, 0.3) is 44.8 Å². The Kier molecular flexibility index (Phi) is 4.06. The highest BCUT2D eigenvalue weighted by Crippen LogP contribution is 2.35. The minimum absolute atomic E-state index is 0.268. The zero-order valence-corrected chi connectivity index (χ0v) is 16.2. The van der Waals surface area contributed by atoms with Crippen LogP contribution in [0.4, 0.5) is 4.39 Å². The van der Waals surface area contributed by atoms with E-state index in [1.165, 1.54) is 12.1 Å². The van der Waals surface area contributed by atoms with Gasteiger partial charge in [-0.15, -0.1) is 0 Å². The van der Waals surface area contributed by atoms with Crippen LogP contribution in [-0.2, 0) is 0 Å². The number of benzene rings is 2. The highest BCUT2D eigenvalue weighted by molar-refractivity contribution is 9.10. The van der Waals surface area contributed by atoms with Crippen molar-refractivity contribution >= 4 is 26.8 Å². The van der Waals surface area contributed by atoms with Gasteiger partial charge in [-0.1, -0.05) is 15.9 Å². The van der Waals surface area contributed by atoms with Crippen LogP contribution in [0.5, 0.6) is 0 Å². The zero-order valence-electron chi connectivity index (χ0n) is 14.6. The van der Waals surface area contributed by atoms with Gasteiger partial charge in [-0.05, 0) is 54.6 Å². The van der Waals surface area contributed by atoms with Crippen molar-refractivity contribution < 1.29 is 4.39 Å². The molecule has 0 spiro atoms. The Bertz CT molecular complexity index is 1270. The molecule has 0 saturated carbocycles. The first kappa shape index (κ1) is 16.9. The summed E-state index contributed by atoms with van der Waals surface area (Å²) >= 11 is 3.54. The largest absolute Gasteiger partial charge is 0.360 e. The van der Waals surface area contributed by atoms with Gasteiger partial charge in [0.05, 0.1) is 11.4 Å². The number of H-pyrrole nitrogens is 2.